The molecule has 1 aliphatic rings. The van der Waals surface area contributed by atoms with Crippen LogP contribution in [0.2, 0.25) is 0 Å². The molecular weight excluding hydrogens is 234 g/mol. The average Bonchev–Trinajstić information content (AvgIpc) is 2.98. The molecule has 0 saturated carbocycles. The van der Waals surface area contributed by atoms with Crippen molar-refractivity contribution in [2.45, 2.75) is 38.5 Å². The lowest BCUT2D eigenvalue weighted by Crippen LogP contribution is -2.35. The van der Waals surface area contributed by atoms with Crippen molar-refractivity contribution >= 4 is 0 Å². The van der Waals surface area contributed by atoms with Crippen molar-refractivity contribution in [3.8, 4) is 0 Å². The molecule has 2 rings (SSSR count). The minimum absolute atomic E-state index is 0.101. The number of rotatable bonds is 7. The predicted octanol–water partition coefficient (Wildman–Crippen LogP) is -0.116. The Morgan fingerprint density at radius 3 is 2.83 bits per heavy atom. The van der Waals surface area contributed by atoms with Crippen LogP contribution < -0.4 is 5.32 Å². The standard InChI is InChI=1S/C11H21N5O2/c1-3-4-12-9(8-11-17-5-6-18-11)7-10-13-15-16(2)14-10/h9,11-12H,3-8H2,1-2H3. The highest BCUT2D eigenvalue weighted by atomic mass is 16.7. The van der Waals surface area contributed by atoms with E-state index < -0.39 is 0 Å². The molecule has 0 amide bonds. The van der Waals surface area contributed by atoms with Gasteiger partial charge in [-0.25, -0.2) is 0 Å². The van der Waals surface area contributed by atoms with Gasteiger partial charge in [0.15, 0.2) is 12.1 Å². The highest BCUT2D eigenvalue weighted by molar-refractivity contribution is 4.85. The number of aryl methyl sites for hydroxylation is 1. The average molecular weight is 255 g/mol. The Balaban J connectivity index is 1.86. The first-order valence-corrected chi connectivity index (χ1v) is 6.47. The van der Waals surface area contributed by atoms with Gasteiger partial charge in [-0.2, -0.15) is 4.80 Å². The Hall–Kier alpha value is -1.05. The maximum Gasteiger partial charge on any atom is 0.176 e. The summed E-state index contributed by atoms with van der Waals surface area (Å²) in [6, 6.07) is 0.261. The highest BCUT2D eigenvalue weighted by Crippen LogP contribution is 2.12. The van der Waals surface area contributed by atoms with Crippen molar-refractivity contribution in [3.63, 3.8) is 0 Å². The largest absolute Gasteiger partial charge is 0.350 e. The number of nitrogens with one attached hydrogen (secondary N) is 1. The van der Waals surface area contributed by atoms with E-state index in [4.69, 9.17) is 9.47 Å². The molecule has 1 aliphatic heterocycles. The SMILES string of the molecule is CCCNC(Cc1nnn(C)n1)CC1OCCO1. The van der Waals surface area contributed by atoms with Gasteiger partial charge >= 0.3 is 0 Å². The van der Waals surface area contributed by atoms with Crippen LogP contribution in [-0.2, 0) is 22.9 Å². The van der Waals surface area contributed by atoms with Crippen molar-refractivity contribution in [1.82, 2.24) is 25.5 Å². The molecule has 102 valence electrons. The minimum atomic E-state index is -0.101. The lowest BCUT2D eigenvalue weighted by Gasteiger charge is -2.19. The van der Waals surface area contributed by atoms with Crippen molar-refractivity contribution < 1.29 is 9.47 Å². The van der Waals surface area contributed by atoms with Crippen LogP contribution in [0.3, 0.4) is 0 Å². The number of aromatic nitrogens is 4. The Morgan fingerprint density at radius 1 is 1.44 bits per heavy atom. The quantitative estimate of drug-likeness (QED) is 0.732. The van der Waals surface area contributed by atoms with E-state index in [2.05, 4.69) is 27.7 Å². The number of tetrazole rings is 1. The summed E-state index contributed by atoms with van der Waals surface area (Å²) >= 11 is 0. The lowest BCUT2D eigenvalue weighted by molar-refractivity contribution is -0.0527. The number of hydrogen-bond donors (Lipinski definition) is 1. The molecular formula is C11H21N5O2. The Bertz CT molecular complexity index is 351. The normalized spacial score (nSPS) is 18.3. The van der Waals surface area contributed by atoms with Crippen molar-refractivity contribution in [1.29, 1.82) is 0 Å². The van der Waals surface area contributed by atoms with Crippen LogP contribution >= 0.6 is 0 Å². The van der Waals surface area contributed by atoms with Crippen LogP contribution in [-0.4, -0.2) is 52.3 Å². The fourth-order valence-electron chi connectivity index (χ4n) is 1.99. The highest BCUT2D eigenvalue weighted by Gasteiger charge is 2.22. The van der Waals surface area contributed by atoms with Crippen LogP contribution in [0.5, 0.6) is 0 Å². The van der Waals surface area contributed by atoms with Gasteiger partial charge in [-0.1, -0.05) is 6.92 Å². The molecule has 7 heteroatoms. The zero-order valence-electron chi connectivity index (χ0n) is 11.0. The van der Waals surface area contributed by atoms with Crippen molar-refractivity contribution in [3.05, 3.63) is 5.82 Å². The summed E-state index contributed by atoms with van der Waals surface area (Å²) in [6.07, 6.45) is 2.56. The first kappa shape index (κ1) is 13.4. The third-order valence-electron chi connectivity index (χ3n) is 2.83. The van der Waals surface area contributed by atoms with E-state index in [1.165, 1.54) is 4.80 Å². The smallest absolute Gasteiger partial charge is 0.176 e. The fourth-order valence-corrected chi connectivity index (χ4v) is 1.99. The molecule has 0 radical (unpaired) electrons. The molecule has 0 bridgehead atoms. The fraction of sp³-hybridized carbons (Fsp3) is 0.909. The summed E-state index contributed by atoms with van der Waals surface area (Å²) in [5, 5.41) is 15.5. The summed E-state index contributed by atoms with van der Waals surface area (Å²) in [6.45, 7) is 4.49. The van der Waals surface area contributed by atoms with Crippen LogP contribution in [0.15, 0.2) is 0 Å². The van der Waals surface area contributed by atoms with Gasteiger partial charge < -0.3 is 14.8 Å². The molecule has 7 nitrogen and oxygen atoms in total. The van der Waals surface area contributed by atoms with Gasteiger partial charge in [-0.05, 0) is 18.2 Å². The third-order valence-corrected chi connectivity index (χ3v) is 2.83. The van der Waals surface area contributed by atoms with E-state index in [-0.39, 0.29) is 12.3 Å². The molecule has 1 fully saturated rings. The molecule has 1 aromatic rings. The molecule has 18 heavy (non-hydrogen) atoms. The number of hydrogen-bond acceptors (Lipinski definition) is 6. The first-order valence-electron chi connectivity index (χ1n) is 6.47. The second-order valence-electron chi connectivity index (χ2n) is 4.46. The van der Waals surface area contributed by atoms with E-state index >= 15 is 0 Å². The molecule has 0 spiro atoms. The summed E-state index contributed by atoms with van der Waals surface area (Å²) in [5.41, 5.74) is 0. The van der Waals surface area contributed by atoms with Gasteiger partial charge in [-0.3, -0.25) is 0 Å². The molecule has 1 N–H and O–H groups in total. The molecule has 0 aliphatic carbocycles. The Kier molecular flexibility index (Phi) is 5.03. The molecule has 1 atom stereocenters. The van der Waals surface area contributed by atoms with E-state index in [0.29, 0.717) is 13.2 Å². The summed E-state index contributed by atoms with van der Waals surface area (Å²) in [5.74, 6) is 0.754. The predicted molar refractivity (Wildman–Crippen MR) is 64.9 cm³/mol. The summed E-state index contributed by atoms with van der Waals surface area (Å²) in [4.78, 5) is 1.48. The topological polar surface area (TPSA) is 74.1 Å². The van der Waals surface area contributed by atoms with Crippen molar-refractivity contribution in [2.24, 2.45) is 7.05 Å². The van der Waals surface area contributed by atoms with Crippen LogP contribution in [0.4, 0.5) is 0 Å². The maximum absolute atomic E-state index is 5.48. The lowest BCUT2D eigenvalue weighted by atomic mass is 10.1. The van der Waals surface area contributed by atoms with Crippen molar-refractivity contribution in [2.75, 3.05) is 19.8 Å². The van der Waals surface area contributed by atoms with Crippen LogP contribution in [0.25, 0.3) is 0 Å². The molecule has 0 aromatic carbocycles. The van der Waals surface area contributed by atoms with Gasteiger partial charge in [0.1, 0.15) is 0 Å². The zero-order chi connectivity index (χ0) is 12.8. The second kappa shape index (κ2) is 6.77. The number of nitrogens with zero attached hydrogens (tertiary/aromatic N) is 4. The molecule has 1 unspecified atom stereocenters. The van der Waals surface area contributed by atoms with Gasteiger partial charge in [0, 0.05) is 18.9 Å². The van der Waals surface area contributed by atoms with Gasteiger partial charge in [-0.15, -0.1) is 10.2 Å². The molecule has 1 saturated heterocycles. The maximum atomic E-state index is 5.48. The summed E-state index contributed by atoms with van der Waals surface area (Å²) < 4.78 is 11.0. The van der Waals surface area contributed by atoms with Crippen LogP contribution in [0, 0.1) is 0 Å². The minimum Gasteiger partial charge on any atom is -0.350 e. The third kappa shape index (κ3) is 4.01. The first-order chi connectivity index (χ1) is 8.78. The van der Waals surface area contributed by atoms with Gasteiger partial charge in [0.05, 0.1) is 20.3 Å². The van der Waals surface area contributed by atoms with E-state index in [0.717, 1.165) is 31.6 Å². The Labute approximate surface area is 107 Å². The Morgan fingerprint density at radius 2 is 2.22 bits per heavy atom. The number of ether oxygens (including phenoxy) is 2. The van der Waals surface area contributed by atoms with Crippen LogP contribution in [0.1, 0.15) is 25.6 Å². The zero-order valence-corrected chi connectivity index (χ0v) is 11.0. The molecule has 2 heterocycles. The van der Waals surface area contributed by atoms with E-state index in [1.807, 2.05) is 0 Å². The monoisotopic (exact) mass is 255 g/mol. The van der Waals surface area contributed by atoms with E-state index in [9.17, 15) is 0 Å². The van der Waals surface area contributed by atoms with E-state index in [1.54, 1.807) is 7.05 Å². The summed E-state index contributed by atoms with van der Waals surface area (Å²) in [7, 11) is 1.77. The van der Waals surface area contributed by atoms with Gasteiger partial charge in [0.25, 0.3) is 0 Å². The van der Waals surface area contributed by atoms with Gasteiger partial charge in [0.2, 0.25) is 0 Å². The second-order valence-corrected chi connectivity index (χ2v) is 4.46. The molecule has 1 aromatic heterocycles.